The molecule has 1 atom stereocenters. The molecule has 2 amide bonds. The molecule has 2 rings (SSSR count). The van der Waals surface area contributed by atoms with Gasteiger partial charge < -0.3 is 20.5 Å². The first-order valence-corrected chi connectivity index (χ1v) is 7.95. The standard InChI is InChI=1S/C18H21ClN2O3/c1-12-3-4-14(17(9-12)24-2)10-20-18(23)21-16(11-22)13-5-7-15(19)8-6-13/h3-9,16,22H,10-11H2,1-2H3,(H2,20,21,23). The molecule has 0 heterocycles. The molecular formula is C18H21ClN2O3. The number of rotatable bonds is 6. The average Bonchev–Trinajstić information content (AvgIpc) is 2.59. The predicted molar refractivity (Wildman–Crippen MR) is 94.4 cm³/mol. The summed E-state index contributed by atoms with van der Waals surface area (Å²) in [6, 6.07) is 11.9. The van der Waals surface area contributed by atoms with Crippen molar-refractivity contribution in [3.8, 4) is 5.75 Å². The molecule has 0 radical (unpaired) electrons. The van der Waals surface area contributed by atoms with Crippen LogP contribution in [0.4, 0.5) is 4.79 Å². The van der Waals surface area contributed by atoms with E-state index in [1.807, 2.05) is 25.1 Å². The molecule has 0 aliphatic heterocycles. The van der Waals surface area contributed by atoms with Crippen LogP contribution in [0.2, 0.25) is 5.02 Å². The number of hydrogen-bond donors (Lipinski definition) is 3. The zero-order valence-electron chi connectivity index (χ0n) is 13.7. The van der Waals surface area contributed by atoms with Gasteiger partial charge in [-0.15, -0.1) is 0 Å². The van der Waals surface area contributed by atoms with Crippen molar-refractivity contribution in [3.05, 3.63) is 64.2 Å². The van der Waals surface area contributed by atoms with Crippen molar-refractivity contribution in [2.45, 2.75) is 19.5 Å². The molecule has 5 nitrogen and oxygen atoms in total. The fourth-order valence-electron chi connectivity index (χ4n) is 2.31. The molecule has 0 fully saturated rings. The van der Waals surface area contributed by atoms with Crippen LogP contribution in [0.1, 0.15) is 22.7 Å². The number of aryl methyl sites for hydroxylation is 1. The van der Waals surface area contributed by atoms with E-state index in [2.05, 4.69) is 10.6 Å². The number of urea groups is 1. The van der Waals surface area contributed by atoms with Gasteiger partial charge in [-0.2, -0.15) is 0 Å². The first-order chi connectivity index (χ1) is 11.5. The van der Waals surface area contributed by atoms with Gasteiger partial charge in [-0.3, -0.25) is 0 Å². The topological polar surface area (TPSA) is 70.6 Å². The SMILES string of the molecule is COc1cc(C)ccc1CNC(=O)NC(CO)c1ccc(Cl)cc1. The maximum absolute atomic E-state index is 12.1. The zero-order valence-corrected chi connectivity index (χ0v) is 14.4. The molecule has 0 saturated carbocycles. The van der Waals surface area contributed by atoms with Crippen molar-refractivity contribution in [1.29, 1.82) is 0 Å². The molecule has 2 aromatic rings. The quantitative estimate of drug-likeness (QED) is 0.750. The summed E-state index contributed by atoms with van der Waals surface area (Å²) in [4.78, 5) is 12.1. The Morgan fingerprint density at radius 1 is 1.25 bits per heavy atom. The number of methoxy groups -OCH3 is 1. The van der Waals surface area contributed by atoms with Crippen LogP contribution in [0.5, 0.6) is 5.75 Å². The Hall–Kier alpha value is -2.24. The molecule has 0 aliphatic carbocycles. The van der Waals surface area contributed by atoms with E-state index in [1.54, 1.807) is 31.4 Å². The predicted octanol–water partition coefficient (Wildman–Crippen LogP) is 3.19. The third-order valence-corrected chi connectivity index (χ3v) is 3.89. The summed E-state index contributed by atoms with van der Waals surface area (Å²) < 4.78 is 5.32. The van der Waals surface area contributed by atoms with Crippen LogP contribution in [0, 0.1) is 6.92 Å². The molecule has 0 bridgehead atoms. The average molecular weight is 349 g/mol. The van der Waals surface area contributed by atoms with E-state index in [0.29, 0.717) is 11.6 Å². The Balaban J connectivity index is 1.96. The fourth-order valence-corrected chi connectivity index (χ4v) is 2.44. The van der Waals surface area contributed by atoms with Gasteiger partial charge in [0.1, 0.15) is 5.75 Å². The largest absolute Gasteiger partial charge is 0.496 e. The number of halogens is 1. The van der Waals surface area contributed by atoms with E-state index in [0.717, 1.165) is 22.4 Å². The fraction of sp³-hybridized carbons (Fsp3) is 0.278. The number of benzene rings is 2. The molecule has 0 aliphatic rings. The Morgan fingerprint density at radius 2 is 1.96 bits per heavy atom. The van der Waals surface area contributed by atoms with Gasteiger partial charge in [0.15, 0.2) is 0 Å². The van der Waals surface area contributed by atoms with Gasteiger partial charge in [-0.05, 0) is 36.2 Å². The molecular weight excluding hydrogens is 328 g/mol. The summed E-state index contributed by atoms with van der Waals surface area (Å²) in [5, 5.41) is 15.6. The smallest absolute Gasteiger partial charge is 0.315 e. The van der Waals surface area contributed by atoms with Crippen molar-refractivity contribution in [3.63, 3.8) is 0 Å². The lowest BCUT2D eigenvalue weighted by Gasteiger charge is -2.18. The number of ether oxygens (including phenoxy) is 1. The number of carbonyl (C=O) groups excluding carboxylic acids is 1. The van der Waals surface area contributed by atoms with Crippen LogP contribution in [0.25, 0.3) is 0 Å². The molecule has 6 heteroatoms. The highest BCUT2D eigenvalue weighted by atomic mass is 35.5. The van der Waals surface area contributed by atoms with Crippen molar-refractivity contribution >= 4 is 17.6 Å². The normalized spacial score (nSPS) is 11.7. The minimum Gasteiger partial charge on any atom is -0.496 e. The molecule has 0 aromatic heterocycles. The van der Waals surface area contributed by atoms with E-state index in [-0.39, 0.29) is 12.6 Å². The summed E-state index contributed by atoms with van der Waals surface area (Å²) in [5.74, 6) is 0.728. The van der Waals surface area contributed by atoms with E-state index < -0.39 is 6.04 Å². The van der Waals surface area contributed by atoms with Crippen molar-refractivity contribution < 1.29 is 14.6 Å². The second kappa shape index (κ2) is 8.57. The second-order valence-corrected chi connectivity index (χ2v) is 5.87. The molecule has 1 unspecified atom stereocenters. The lowest BCUT2D eigenvalue weighted by molar-refractivity contribution is 0.216. The first kappa shape index (κ1) is 18.1. The number of amides is 2. The van der Waals surface area contributed by atoms with Gasteiger partial charge in [0.05, 0.1) is 19.8 Å². The summed E-state index contributed by atoms with van der Waals surface area (Å²) in [7, 11) is 1.60. The van der Waals surface area contributed by atoms with Crippen LogP contribution < -0.4 is 15.4 Å². The lowest BCUT2D eigenvalue weighted by Crippen LogP contribution is -2.38. The maximum Gasteiger partial charge on any atom is 0.315 e. The summed E-state index contributed by atoms with van der Waals surface area (Å²) in [6.07, 6.45) is 0. The highest BCUT2D eigenvalue weighted by Crippen LogP contribution is 2.20. The molecule has 2 aromatic carbocycles. The Labute approximate surface area is 146 Å². The Kier molecular flexibility index (Phi) is 6.46. The minimum atomic E-state index is -0.498. The Bertz CT molecular complexity index is 689. The summed E-state index contributed by atoms with van der Waals surface area (Å²) in [6.45, 7) is 2.10. The van der Waals surface area contributed by atoms with Gasteiger partial charge in [-0.25, -0.2) is 4.79 Å². The highest BCUT2D eigenvalue weighted by Gasteiger charge is 2.14. The second-order valence-electron chi connectivity index (χ2n) is 5.43. The van der Waals surface area contributed by atoms with E-state index in [4.69, 9.17) is 16.3 Å². The van der Waals surface area contributed by atoms with Gasteiger partial charge in [0, 0.05) is 17.1 Å². The molecule has 24 heavy (non-hydrogen) atoms. The zero-order chi connectivity index (χ0) is 17.5. The van der Waals surface area contributed by atoms with Gasteiger partial charge in [-0.1, -0.05) is 35.9 Å². The van der Waals surface area contributed by atoms with Crippen molar-refractivity contribution in [2.75, 3.05) is 13.7 Å². The highest BCUT2D eigenvalue weighted by molar-refractivity contribution is 6.30. The summed E-state index contributed by atoms with van der Waals surface area (Å²) in [5.41, 5.74) is 2.75. The summed E-state index contributed by atoms with van der Waals surface area (Å²) >= 11 is 5.85. The molecule has 128 valence electrons. The van der Waals surface area contributed by atoms with Crippen LogP contribution >= 0.6 is 11.6 Å². The molecule has 0 spiro atoms. The van der Waals surface area contributed by atoms with Crippen LogP contribution in [0.3, 0.4) is 0 Å². The number of hydrogen-bond acceptors (Lipinski definition) is 3. The monoisotopic (exact) mass is 348 g/mol. The third-order valence-electron chi connectivity index (χ3n) is 3.64. The lowest BCUT2D eigenvalue weighted by atomic mass is 10.1. The molecule has 0 saturated heterocycles. The van der Waals surface area contributed by atoms with Crippen LogP contribution in [-0.2, 0) is 6.54 Å². The third kappa shape index (κ3) is 4.88. The molecule has 3 N–H and O–H groups in total. The van der Waals surface area contributed by atoms with E-state index >= 15 is 0 Å². The van der Waals surface area contributed by atoms with Crippen molar-refractivity contribution in [1.82, 2.24) is 10.6 Å². The Morgan fingerprint density at radius 3 is 2.58 bits per heavy atom. The van der Waals surface area contributed by atoms with Crippen molar-refractivity contribution in [2.24, 2.45) is 0 Å². The maximum atomic E-state index is 12.1. The van der Waals surface area contributed by atoms with E-state index in [9.17, 15) is 9.90 Å². The number of aliphatic hydroxyl groups is 1. The number of carbonyl (C=O) groups is 1. The van der Waals surface area contributed by atoms with Crippen LogP contribution in [-0.4, -0.2) is 24.9 Å². The first-order valence-electron chi connectivity index (χ1n) is 7.57. The van der Waals surface area contributed by atoms with Gasteiger partial charge in [0.2, 0.25) is 0 Å². The number of nitrogens with one attached hydrogen (secondary N) is 2. The van der Waals surface area contributed by atoms with Gasteiger partial charge in [0.25, 0.3) is 0 Å². The van der Waals surface area contributed by atoms with Crippen LogP contribution in [0.15, 0.2) is 42.5 Å². The number of aliphatic hydroxyl groups excluding tert-OH is 1. The van der Waals surface area contributed by atoms with E-state index in [1.165, 1.54) is 0 Å². The van der Waals surface area contributed by atoms with Gasteiger partial charge >= 0.3 is 6.03 Å². The minimum absolute atomic E-state index is 0.205.